The zero-order chi connectivity index (χ0) is 18.2. The number of fused-ring (bicyclic) bond motifs is 10. The third kappa shape index (κ3) is 1.77. The smallest absolute Gasteiger partial charge is 0.0544 e. The number of aryl methyl sites for hydroxylation is 2. The first kappa shape index (κ1) is 14.5. The van der Waals surface area contributed by atoms with Crippen LogP contribution in [0.5, 0.6) is 0 Å². The summed E-state index contributed by atoms with van der Waals surface area (Å²) in [7, 11) is 0. The number of benzene rings is 4. The Morgan fingerprint density at radius 1 is 0.607 bits per heavy atom. The van der Waals surface area contributed by atoms with Gasteiger partial charge in [0.1, 0.15) is 0 Å². The van der Waals surface area contributed by atoms with Gasteiger partial charge in [0.05, 0.1) is 5.52 Å². The molecule has 2 nitrogen and oxygen atoms in total. The standard InChI is InChI=1S/C26H18N2/c1-3-7-17-15(5-1)9-11-19-21-13-24-22(14-23(21)27-25(17)19)20-12-10-16-6-2-4-8-18(16)26(20)28-24/h1-9,11,13-14,27-28H,10,12H2. The average Bonchev–Trinajstić information content (AvgIpc) is 3.30. The molecule has 0 atom stereocenters. The second-order valence-electron chi connectivity index (χ2n) is 7.91. The van der Waals surface area contributed by atoms with Gasteiger partial charge >= 0.3 is 0 Å². The predicted octanol–water partition coefficient (Wildman–Crippen LogP) is 6.72. The van der Waals surface area contributed by atoms with Crippen molar-refractivity contribution in [3.8, 4) is 11.3 Å². The lowest BCUT2D eigenvalue weighted by molar-refractivity contribution is 0.948. The van der Waals surface area contributed by atoms with E-state index in [4.69, 9.17) is 0 Å². The van der Waals surface area contributed by atoms with Gasteiger partial charge in [0.2, 0.25) is 0 Å². The number of H-pyrrole nitrogens is 2. The van der Waals surface area contributed by atoms with Crippen molar-refractivity contribution in [2.45, 2.75) is 12.8 Å². The summed E-state index contributed by atoms with van der Waals surface area (Å²) in [6.07, 6.45) is 2.21. The molecule has 0 aliphatic heterocycles. The highest BCUT2D eigenvalue weighted by Gasteiger charge is 2.21. The molecule has 0 spiro atoms. The summed E-state index contributed by atoms with van der Waals surface area (Å²) >= 11 is 0. The van der Waals surface area contributed by atoms with Crippen LogP contribution in [0.15, 0.2) is 72.8 Å². The van der Waals surface area contributed by atoms with E-state index in [1.165, 1.54) is 65.9 Å². The minimum atomic E-state index is 1.10. The zero-order valence-electron chi connectivity index (χ0n) is 15.3. The Balaban J connectivity index is 1.58. The molecule has 0 radical (unpaired) electrons. The molecule has 0 unspecified atom stereocenters. The monoisotopic (exact) mass is 358 g/mol. The second kappa shape index (κ2) is 5.05. The van der Waals surface area contributed by atoms with Crippen LogP contribution in [0.2, 0.25) is 0 Å². The molecule has 0 fully saturated rings. The number of rotatable bonds is 0. The quantitative estimate of drug-likeness (QED) is 0.302. The van der Waals surface area contributed by atoms with E-state index in [-0.39, 0.29) is 0 Å². The SMILES string of the molecule is c1ccc2c(c1)CCc1c-2[nH]c2cc3c(cc12)[nH]c1c2ccccc2ccc31. The maximum Gasteiger partial charge on any atom is 0.0544 e. The highest BCUT2D eigenvalue weighted by Crippen LogP contribution is 2.40. The highest BCUT2D eigenvalue weighted by molar-refractivity contribution is 6.19. The molecule has 0 saturated carbocycles. The molecule has 6 aromatic rings. The van der Waals surface area contributed by atoms with E-state index in [9.17, 15) is 0 Å². The molecule has 2 aromatic heterocycles. The van der Waals surface area contributed by atoms with E-state index in [1.807, 2.05) is 0 Å². The molecule has 0 saturated heterocycles. The van der Waals surface area contributed by atoms with Gasteiger partial charge in [0.25, 0.3) is 0 Å². The van der Waals surface area contributed by atoms with Gasteiger partial charge in [-0.2, -0.15) is 0 Å². The molecular weight excluding hydrogens is 340 g/mol. The summed E-state index contributed by atoms with van der Waals surface area (Å²) in [4.78, 5) is 7.46. The third-order valence-electron chi connectivity index (χ3n) is 6.45. The van der Waals surface area contributed by atoms with Crippen molar-refractivity contribution in [1.82, 2.24) is 9.97 Å². The number of aromatic amines is 2. The summed E-state index contributed by atoms with van der Waals surface area (Å²) in [6.45, 7) is 0. The van der Waals surface area contributed by atoms with Crippen molar-refractivity contribution in [3.63, 3.8) is 0 Å². The van der Waals surface area contributed by atoms with E-state index < -0.39 is 0 Å². The molecule has 2 heteroatoms. The van der Waals surface area contributed by atoms with E-state index in [0.717, 1.165) is 12.8 Å². The van der Waals surface area contributed by atoms with Crippen molar-refractivity contribution in [2.75, 3.05) is 0 Å². The largest absolute Gasteiger partial charge is 0.354 e. The van der Waals surface area contributed by atoms with E-state index in [2.05, 4.69) is 82.8 Å². The van der Waals surface area contributed by atoms with E-state index >= 15 is 0 Å². The van der Waals surface area contributed by atoms with E-state index in [0.29, 0.717) is 0 Å². The molecule has 1 aliphatic rings. The number of aromatic nitrogens is 2. The molecule has 4 aromatic carbocycles. The van der Waals surface area contributed by atoms with Crippen LogP contribution in [-0.2, 0) is 12.8 Å². The lowest BCUT2D eigenvalue weighted by atomic mass is 9.89. The maximum absolute atomic E-state index is 3.74. The number of nitrogens with one attached hydrogen (secondary N) is 2. The fraction of sp³-hybridized carbons (Fsp3) is 0.0769. The molecule has 1 aliphatic carbocycles. The summed E-state index contributed by atoms with van der Waals surface area (Å²) in [6, 6.07) is 26.6. The Hall–Kier alpha value is -3.52. The van der Waals surface area contributed by atoms with Gasteiger partial charge in [0.15, 0.2) is 0 Å². The van der Waals surface area contributed by atoms with Crippen LogP contribution < -0.4 is 0 Å². The van der Waals surface area contributed by atoms with Gasteiger partial charge in [0, 0.05) is 43.8 Å². The first-order valence-electron chi connectivity index (χ1n) is 9.93. The Bertz CT molecular complexity index is 1560. The van der Waals surface area contributed by atoms with Crippen molar-refractivity contribution >= 4 is 43.5 Å². The normalized spacial score (nSPS) is 13.4. The number of hydrogen-bond acceptors (Lipinski definition) is 0. The highest BCUT2D eigenvalue weighted by atomic mass is 14.7. The van der Waals surface area contributed by atoms with Gasteiger partial charge in [-0.15, -0.1) is 0 Å². The van der Waals surface area contributed by atoms with Crippen molar-refractivity contribution in [2.24, 2.45) is 0 Å². The summed E-state index contributed by atoms with van der Waals surface area (Å²) in [5, 5.41) is 6.51. The summed E-state index contributed by atoms with van der Waals surface area (Å²) in [5.41, 5.74) is 9.27. The van der Waals surface area contributed by atoms with Crippen LogP contribution in [0.1, 0.15) is 11.1 Å². The lowest BCUT2D eigenvalue weighted by Gasteiger charge is -2.16. The van der Waals surface area contributed by atoms with Gasteiger partial charge < -0.3 is 9.97 Å². The van der Waals surface area contributed by atoms with Gasteiger partial charge in [-0.05, 0) is 41.5 Å². The fourth-order valence-electron chi connectivity index (χ4n) is 5.12. The Kier molecular flexibility index (Phi) is 2.62. The predicted molar refractivity (Wildman–Crippen MR) is 118 cm³/mol. The summed E-state index contributed by atoms with van der Waals surface area (Å²) in [5.74, 6) is 0. The molecule has 0 bridgehead atoms. The first-order valence-corrected chi connectivity index (χ1v) is 9.93. The number of hydrogen-bond donors (Lipinski definition) is 2. The Morgan fingerprint density at radius 2 is 1.43 bits per heavy atom. The van der Waals surface area contributed by atoms with Crippen LogP contribution in [0, 0.1) is 0 Å². The average molecular weight is 358 g/mol. The van der Waals surface area contributed by atoms with Crippen molar-refractivity contribution in [1.29, 1.82) is 0 Å². The lowest BCUT2D eigenvalue weighted by Crippen LogP contribution is -2.02. The van der Waals surface area contributed by atoms with Crippen LogP contribution in [0.3, 0.4) is 0 Å². The summed E-state index contributed by atoms with van der Waals surface area (Å²) < 4.78 is 0. The first-order chi connectivity index (χ1) is 13.9. The Morgan fingerprint density at radius 3 is 2.43 bits per heavy atom. The molecule has 28 heavy (non-hydrogen) atoms. The van der Waals surface area contributed by atoms with E-state index in [1.54, 1.807) is 0 Å². The molecule has 132 valence electrons. The molecular formula is C26H18N2. The zero-order valence-corrected chi connectivity index (χ0v) is 15.3. The van der Waals surface area contributed by atoms with Gasteiger partial charge in [-0.1, -0.05) is 60.7 Å². The molecule has 2 N–H and O–H groups in total. The maximum atomic E-state index is 3.74. The minimum absolute atomic E-state index is 1.10. The van der Waals surface area contributed by atoms with Crippen LogP contribution >= 0.6 is 0 Å². The van der Waals surface area contributed by atoms with Gasteiger partial charge in [-0.25, -0.2) is 0 Å². The van der Waals surface area contributed by atoms with Crippen LogP contribution in [-0.4, -0.2) is 9.97 Å². The molecule has 2 heterocycles. The Labute approximate surface area is 161 Å². The van der Waals surface area contributed by atoms with Gasteiger partial charge in [-0.3, -0.25) is 0 Å². The molecule has 7 rings (SSSR count). The van der Waals surface area contributed by atoms with Crippen LogP contribution in [0.4, 0.5) is 0 Å². The van der Waals surface area contributed by atoms with Crippen LogP contribution in [0.25, 0.3) is 54.7 Å². The third-order valence-corrected chi connectivity index (χ3v) is 6.45. The molecule has 0 amide bonds. The topological polar surface area (TPSA) is 31.6 Å². The fourth-order valence-corrected chi connectivity index (χ4v) is 5.12. The van der Waals surface area contributed by atoms with Crippen molar-refractivity contribution < 1.29 is 0 Å². The minimum Gasteiger partial charge on any atom is -0.354 e. The van der Waals surface area contributed by atoms with Crippen molar-refractivity contribution in [3.05, 3.63) is 83.9 Å². The second-order valence-corrected chi connectivity index (χ2v) is 7.91.